The zero-order chi connectivity index (χ0) is 19.4. The van der Waals surface area contributed by atoms with Crippen LogP contribution in [0.3, 0.4) is 0 Å². The maximum Gasteiger partial charge on any atom is 0.255 e. The Hall–Kier alpha value is -2.89. The van der Waals surface area contributed by atoms with Crippen LogP contribution in [0, 0.1) is 6.92 Å². The number of hydrogen-bond donors (Lipinski definition) is 1. The predicted octanol–water partition coefficient (Wildman–Crippen LogP) is 2.49. The van der Waals surface area contributed by atoms with Crippen molar-refractivity contribution >= 4 is 17.5 Å². The minimum absolute atomic E-state index is 0.0573. The molecule has 1 fully saturated rings. The van der Waals surface area contributed by atoms with E-state index in [9.17, 15) is 9.59 Å². The van der Waals surface area contributed by atoms with E-state index in [1.54, 1.807) is 12.4 Å². The van der Waals surface area contributed by atoms with Crippen molar-refractivity contribution in [2.75, 3.05) is 32.1 Å². The molecule has 0 atom stereocenters. The van der Waals surface area contributed by atoms with Crippen LogP contribution in [0.5, 0.6) is 0 Å². The average molecular weight is 366 g/mol. The third-order valence-corrected chi connectivity index (χ3v) is 4.94. The fourth-order valence-corrected chi connectivity index (χ4v) is 3.32. The number of hydrogen-bond acceptors (Lipinski definition) is 4. The Labute approximate surface area is 160 Å². The summed E-state index contributed by atoms with van der Waals surface area (Å²) in [5, 5.41) is 3.09. The molecule has 2 amide bonds. The van der Waals surface area contributed by atoms with Crippen LogP contribution in [-0.2, 0) is 0 Å². The number of carbonyl (C=O) groups excluding carboxylic acids is 2. The van der Waals surface area contributed by atoms with E-state index in [0.717, 1.165) is 24.1 Å². The Balaban J connectivity index is 1.57. The van der Waals surface area contributed by atoms with Crippen LogP contribution < -0.4 is 10.2 Å². The zero-order valence-corrected chi connectivity index (χ0v) is 16.1. The lowest BCUT2D eigenvalue weighted by Crippen LogP contribution is -2.46. The molecular formula is C21H26N4O2. The predicted molar refractivity (Wildman–Crippen MR) is 106 cm³/mol. The number of aromatic nitrogens is 1. The van der Waals surface area contributed by atoms with Crippen molar-refractivity contribution in [1.82, 2.24) is 15.2 Å². The van der Waals surface area contributed by atoms with Gasteiger partial charge in [0, 0.05) is 51.2 Å². The van der Waals surface area contributed by atoms with Gasteiger partial charge in [0.05, 0.1) is 11.3 Å². The molecule has 2 heterocycles. The fourth-order valence-electron chi connectivity index (χ4n) is 3.32. The number of likely N-dealkylation sites (tertiary alicyclic amines) is 1. The summed E-state index contributed by atoms with van der Waals surface area (Å²) >= 11 is 0. The highest BCUT2D eigenvalue weighted by Crippen LogP contribution is 2.19. The number of nitrogens with zero attached hydrogens (tertiary/aromatic N) is 3. The lowest BCUT2D eigenvalue weighted by atomic mass is 10.0. The summed E-state index contributed by atoms with van der Waals surface area (Å²) in [5.74, 6) is -0.0583. The molecule has 142 valence electrons. The lowest BCUT2D eigenvalue weighted by Gasteiger charge is -2.32. The summed E-state index contributed by atoms with van der Waals surface area (Å²) in [6.45, 7) is 3.29. The molecule has 1 aliphatic rings. The van der Waals surface area contributed by atoms with Gasteiger partial charge in [0.15, 0.2) is 0 Å². The summed E-state index contributed by atoms with van der Waals surface area (Å²) in [6, 6.07) is 9.55. The molecule has 1 aromatic carbocycles. The first-order valence-corrected chi connectivity index (χ1v) is 9.24. The maximum absolute atomic E-state index is 12.6. The van der Waals surface area contributed by atoms with Crippen molar-refractivity contribution in [3.8, 4) is 0 Å². The van der Waals surface area contributed by atoms with Crippen LogP contribution in [-0.4, -0.2) is 54.9 Å². The standard InChI is InChI=1S/C21H26N4O2/c1-15-4-6-16(7-5-15)21(27)25-12-9-17(10-13-25)23-20(26)18-14-22-11-8-19(18)24(2)3/h4-8,11,14,17H,9-10,12-13H2,1-3H3,(H,23,26). The highest BCUT2D eigenvalue weighted by molar-refractivity contribution is 5.99. The van der Waals surface area contributed by atoms with Gasteiger partial charge < -0.3 is 15.1 Å². The second-order valence-corrected chi connectivity index (χ2v) is 7.19. The average Bonchev–Trinajstić information content (AvgIpc) is 2.68. The van der Waals surface area contributed by atoms with Crippen molar-refractivity contribution in [3.05, 3.63) is 59.4 Å². The first-order chi connectivity index (χ1) is 13.0. The van der Waals surface area contributed by atoms with E-state index in [2.05, 4.69) is 10.3 Å². The number of benzene rings is 1. The van der Waals surface area contributed by atoms with E-state index in [1.807, 2.05) is 61.2 Å². The van der Waals surface area contributed by atoms with E-state index >= 15 is 0 Å². The molecule has 0 bridgehead atoms. The van der Waals surface area contributed by atoms with Gasteiger partial charge in [0.25, 0.3) is 11.8 Å². The van der Waals surface area contributed by atoms with Crippen molar-refractivity contribution in [3.63, 3.8) is 0 Å². The van der Waals surface area contributed by atoms with Crippen LogP contribution in [0.2, 0.25) is 0 Å². The highest BCUT2D eigenvalue weighted by Gasteiger charge is 2.25. The fraction of sp³-hybridized carbons (Fsp3) is 0.381. The number of amides is 2. The van der Waals surface area contributed by atoms with Gasteiger partial charge in [0.2, 0.25) is 0 Å². The van der Waals surface area contributed by atoms with Gasteiger partial charge >= 0.3 is 0 Å². The Morgan fingerprint density at radius 3 is 2.41 bits per heavy atom. The van der Waals surface area contributed by atoms with Crippen LogP contribution in [0.1, 0.15) is 39.1 Å². The van der Waals surface area contributed by atoms with Gasteiger partial charge in [-0.2, -0.15) is 0 Å². The van der Waals surface area contributed by atoms with Crippen LogP contribution >= 0.6 is 0 Å². The summed E-state index contributed by atoms with van der Waals surface area (Å²) in [4.78, 5) is 33.1. The second-order valence-electron chi connectivity index (χ2n) is 7.19. The maximum atomic E-state index is 12.6. The summed E-state index contributed by atoms with van der Waals surface area (Å²) in [7, 11) is 3.81. The molecule has 27 heavy (non-hydrogen) atoms. The molecule has 0 radical (unpaired) electrons. The molecular weight excluding hydrogens is 340 g/mol. The number of piperidine rings is 1. The van der Waals surface area contributed by atoms with Gasteiger partial charge in [-0.05, 0) is 38.0 Å². The third-order valence-electron chi connectivity index (χ3n) is 4.94. The van der Waals surface area contributed by atoms with Gasteiger partial charge in [-0.15, -0.1) is 0 Å². The van der Waals surface area contributed by atoms with Crippen LogP contribution in [0.15, 0.2) is 42.7 Å². The molecule has 1 N–H and O–H groups in total. The van der Waals surface area contributed by atoms with Gasteiger partial charge in [-0.25, -0.2) is 0 Å². The van der Waals surface area contributed by atoms with Crippen molar-refractivity contribution in [2.45, 2.75) is 25.8 Å². The molecule has 1 saturated heterocycles. The van der Waals surface area contributed by atoms with Crippen molar-refractivity contribution < 1.29 is 9.59 Å². The number of aryl methyl sites for hydroxylation is 1. The third kappa shape index (κ3) is 4.45. The first-order valence-electron chi connectivity index (χ1n) is 9.24. The monoisotopic (exact) mass is 366 g/mol. The molecule has 0 saturated carbocycles. The van der Waals surface area contributed by atoms with E-state index in [-0.39, 0.29) is 17.9 Å². The number of rotatable bonds is 4. The highest BCUT2D eigenvalue weighted by atomic mass is 16.2. The number of pyridine rings is 1. The Morgan fingerprint density at radius 1 is 1.11 bits per heavy atom. The molecule has 3 rings (SSSR count). The van der Waals surface area contributed by atoms with E-state index in [0.29, 0.717) is 24.2 Å². The van der Waals surface area contributed by atoms with Crippen molar-refractivity contribution in [1.29, 1.82) is 0 Å². The molecule has 0 unspecified atom stereocenters. The van der Waals surface area contributed by atoms with Crippen LogP contribution in [0.25, 0.3) is 0 Å². The molecule has 6 nitrogen and oxygen atoms in total. The summed E-state index contributed by atoms with van der Waals surface area (Å²) in [6.07, 6.45) is 4.78. The summed E-state index contributed by atoms with van der Waals surface area (Å²) in [5.41, 5.74) is 3.27. The van der Waals surface area contributed by atoms with E-state index in [1.165, 1.54) is 0 Å². The van der Waals surface area contributed by atoms with Gasteiger partial charge in [-0.1, -0.05) is 17.7 Å². The van der Waals surface area contributed by atoms with Gasteiger partial charge in [-0.3, -0.25) is 14.6 Å². The lowest BCUT2D eigenvalue weighted by molar-refractivity contribution is 0.0698. The molecule has 1 aliphatic heterocycles. The normalized spacial score (nSPS) is 14.7. The molecule has 0 aliphatic carbocycles. The molecule has 6 heteroatoms. The number of nitrogens with one attached hydrogen (secondary N) is 1. The minimum Gasteiger partial charge on any atom is -0.377 e. The topological polar surface area (TPSA) is 65.5 Å². The van der Waals surface area contributed by atoms with Crippen molar-refractivity contribution in [2.24, 2.45) is 0 Å². The second kappa shape index (κ2) is 8.20. The number of anilines is 1. The Morgan fingerprint density at radius 2 is 1.78 bits per heavy atom. The van der Waals surface area contributed by atoms with Crippen LogP contribution in [0.4, 0.5) is 5.69 Å². The smallest absolute Gasteiger partial charge is 0.255 e. The first kappa shape index (κ1) is 18.9. The quantitative estimate of drug-likeness (QED) is 0.903. The Kier molecular flexibility index (Phi) is 5.74. The largest absolute Gasteiger partial charge is 0.377 e. The number of carbonyl (C=O) groups is 2. The molecule has 1 aromatic heterocycles. The zero-order valence-electron chi connectivity index (χ0n) is 16.1. The minimum atomic E-state index is -0.116. The SMILES string of the molecule is Cc1ccc(C(=O)N2CCC(NC(=O)c3cnccc3N(C)C)CC2)cc1. The molecule has 0 spiro atoms. The van der Waals surface area contributed by atoms with Gasteiger partial charge in [0.1, 0.15) is 0 Å². The Bertz CT molecular complexity index is 809. The van der Waals surface area contributed by atoms with E-state index in [4.69, 9.17) is 0 Å². The summed E-state index contributed by atoms with van der Waals surface area (Å²) < 4.78 is 0. The van der Waals surface area contributed by atoms with E-state index < -0.39 is 0 Å². The molecule has 2 aromatic rings.